The SMILES string of the molecule is Cc1cc2oc3nc(C)c(C(=O)O)cc3c(=O)c2cc1Cl. The van der Waals surface area contributed by atoms with Gasteiger partial charge in [0.05, 0.1) is 22.0 Å². The highest BCUT2D eigenvalue weighted by molar-refractivity contribution is 6.32. The lowest BCUT2D eigenvalue weighted by Gasteiger charge is -2.06. The second-order valence-electron chi connectivity index (χ2n) is 4.81. The summed E-state index contributed by atoms with van der Waals surface area (Å²) >= 11 is 6.03. The predicted octanol–water partition coefficient (Wildman–Crippen LogP) is 3.31. The molecule has 0 aliphatic rings. The molecular weight excluding hydrogens is 294 g/mol. The molecule has 6 heteroatoms. The number of carboxylic acids is 1. The first-order chi connectivity index (χ1) is 9.88. The van der Waals surface area contributed by atoms with E-state index in [1.807, 2.05) is 0 Å². The summed E-state index contributed by atoms with van der Waals surface area (Å²) in [6, 6.07) is 4.48. The van der Waals surface area contributed by atoms with Crippen LogP contribution in [0, 0.1) is 13.8 Å². The van der Waals surface area contributed by atoms with Crippen LogP contribution >= 0.6 is 11.6 Å². The van der Waals surface area contributed by atoms with Gasteiger partial charge in [-0.25, -0.2) is 9.78 Å². The molecule has 0 unspecified atom stereocenters. The van der Waals surface area contributed by atoms with Gasteiger partial charge in [-0.3, -0.25) is 4.79 Å². The molecular formula is C15H10ClNO4. The zero-order valence-electron chi connectivity index (χ0n) is 11.2. The van der Waals surface area contributed by atoms with Crippen LogP contribution in [0.15, 0.2) is 27.4 Å². The lowest BCUT2D eigenvalue weighted by Crippen LogP contribution is -2.08. The average molecular weight is 304 g/mol. The Kier molecular flexibility index (Phi) is 2.95. The number of aromatic nitrogens is 1. The third-order valence-corrected chi connectivity index (χ3v) is 3.77. The minimum atomic E-state index is -1.14. The van der Waals surface area contributed by atoms with E-state index < -0.39 is 5.97 Å². The van der Waals surface area contributed by atoms with Crippen LogP contribution < -0.4 is 5.43 Å². The molecule has 0 bridgehead atoms. The summed E-state index contributed by atoms with van der Waals surface area (Å²) in [6.07, 6.45) is 0. The van der Waals surface area contributed by atoms with Crippen molar-refractivity contribution in [3.8, 4) is 0 Å². The summed E-state index contributed by atoms with van der Waals surface area (Å²) in [5, 5.41) is 10.0. The van der Waals surface area contributed by atoms with Crippen molar-refractivity contribution in [1.82, 2.24) is 4.98 Å². The molecule has 0 atom stereocenters. The number of fused-ring (bicyclic) bond motifs is 2. The fourth-order valence-corrected chi connectivity index (χ4v) is 2.37. The van der Waals surface area contributed by atoms with Gasteiger partial charge in [-0.1, -0.05) is 11.6 Å². The Morgan fingerprint density at radius 3 is 2.62 bits per heavy atom. The van der Waals surface area contributed by atoms with Crippen LogP contribution in [0.2, 0.25) is 5.02 Å². The molecule has 3 rings (SSSR count). The molecule has 3 aromatic rings. The standard InChI is InChI=1S/C15H10ClNO4/c1-6-3-12-9(5-11(6)16)13(18)10-4-8(15(19)20)7(2)17-14(10)21-12/h3-5H,1-2H3,(H,19,20). The lowest BCUT2D eigenvalue weighted by molar-refractivity contribution is 0.0696. The van der Waals surface area contributed by atoms with Crippen LogP contribution in [-0.2, 0) is 0 Å². The number of aromatic carboxylic acids is 1. The highest BCUT2D eigenvalue weighted by atomic mass is 35.5. The van der Waals surface area contributed by atoms with Crippen molar-refractivity contribution in [1.29, 1.82) is 0 Å². The maximum absolute atomic E-state index is 12.5. The highest BCUT2D eigenvalue weighted by Gasteiger charge is 2.16. The molecule has 0 amide bonds. The van der Waals surface area contributed by atoms with Gasteiger partial charge in [-0.05, 0) is 37.6 Å². The predicted molar refractivity (Wildman–Crippen MR) is 79.2 cm³/mol. The van der Waals surface area contributed by atoms with Gasteiger partial charge in [-0.2, -0.15) is 0 Å². The topological polar surface area (TPSA) is 80.4 Å². The number of pyridine rings is 1. The molecule has 1 N–H and O–H groups in total. The fraction of sp³-hybridized carbons (Fsp3) is 0.133. The van der Waals surface area contributed by atoms with Gasteiger partial charge in [0.25, 0.3) is 0 Å². The van der Waals surface area contributed by atoms with E-state index in [1.165, 1.54) is 12.1 Å². The number of aryl methyl sites for hydroxylation is 2. The van der Waals surface area contributed by atoms with Crippen LogP contribution in [0.4, 0.5) is 0 Å². The van der Waals surface area contributed by atoms with Gasteiger partial charge >= 0.3 is 5.97 Å². The first-order valence-corrected chi connectivity index (χ1v) is 6.54. The molecule has 2 aromatic heterocycles. The van der Waals surface area contributed by atoms with Crippen LogP contribution in [-0.4, -0.2) is 16.1 Å². The first-order valence-electron chi connectivity index (χ1n) is 6.16. The maximum atomic E-state index is 12.5. The summed E-state index contributed by atoms with van der Waals surface area (Å²) in [4.78, 5) is 27.7. The monoisotopic (exact) mass is 303 g/mol. The van der Waals surface area contributed by atoms with Crippen molar-refractivity contribution in [3.05, 3.63) is 50.3 Å². The Labute approximate surface area is 123 Å². The number of hydrogen-bond acceptors (Lipinski definition) is 4. The quantitative estimate of drug-likeness (QED) is 0.698. The largest absolute Gasteiger partial charge is 0.478 e. The van der Waals surface area contributed by atoms with Crippen LogP contribution in [0.5, 0.6) is 0 Å². The smallest absolute Gasteiger partial charge is 0.337 e. The normalized spacial score (nSPS) is 11.2. The Bertz CT molecular complexity index is 975. The summed E-state index contributed by atoms with van der Waals surface area (Å²) in [5.41, 5.74) is 1.21. The fourth-order valence-electron chi connectivity index (χ4n) is 2.21. The Morgan fingerprint density at radius 2 is 1.95 bits per heavy atom. The van der Waals surface area contributed by atoms with Gasteiger partial charge in [0.2, 0.25) is 11.1 Å². The van der Waals surface area contributed by atoms with Gasteiger partial charge in [0.1, 0.15) is 5.58 Å². The lowest BCUT2D eigenvalue weighted by atomic mass is 10.1. The van der Waals surface area contributed by atoms with Crippen molar-refractivity contribution in [2.75, 3.05) is 0 Å². The number of carboxylic acid groups (broad SMARTS) is 1. The van der Waals surface area contributed by atoms with E-state index in [1.54, 1.807) is 19.9 Å². The van der Waals surface area contributed by atoms with Crippen molar-refractivity contribution in [3.63, 3.8) is 0 Å². The second-order valence-corrected chi connectivity index (χ2v) is 5.22. The first kappa shape index (κ1) is 13.6. The summed E-state index contributed by atoms with van der Waals surface area (Å²) < 4.78 is 5.62. The molecule has 0 aliphatic heterocycles. The summed E-state index contributed by atoms with van der Waals surface area (Å²) in [6.45, 7) is 3.36. The molecule has 0 aliphatic carbocycles. The van der Waals surface area contributed by atoms with Gasteiger partial charge in [0.15, 0.2) is 0 Å². The van der Waals surface area contributed by atoms with Gasteiger partial charge in [-0.15, -0.1) is 0 Å². The number of carbonyl (C=O) groups is 1. The van der Waals surface area contributed by atoms with Crippen molar-refractivity contribution >= 4 is 39.6 Å². The number of nitrogens with zero attached hydrogens (tertiary/aromatic N) is 1. The minimum Gasteiger partial charge on any atom is -0.478 e. The summed E-state index contributed by atoms with van der Waals surface area (Å²) in [5.74, 6) is -1.14. The van der Waals surface area contributed by atoms with Crippen molar-refractivity contribution in [2.45, 2.75) is 13.8 Å². The third kappa shape index (κ3) is 2.06. The van der Waals surface area contributed by atoms with E-state index >= 15 is 0 Å². The number of hydrogen-bond donors (Lipinski definition) is 1. The van der Waals surface area contributed by atoms with E-state index in [-0.39, 0.29) is 22.1 Å². The Balaban J connectivity index is 2.51. The number of halogens is 1. The van der Waals surface area contributed by atoms with Gasteiger partial charge < -0.3 is 9.52 Å². The molecule has 0 radical (unpaired) electrons. The molecule has 0 spiro atoms. The van der Waals surface area contributed by atoms with E-state index in [2.05, 4.69) is 4.98 Å². The van der Waals surface area contributed by atoms with E-state index in [0.29, 0.717) is 21.7 Å². The zero-order valence-corrected chi connectivity index (χ0v) is 12.0. The van der Waals surface area contributed by atoms with E-state index in [9.17, 15) is 9.59 Å². The highest BCUT2D eigenvalue weighted by Crippen LogP contribution is 2.24. The molecule has 106 valence electrons. The Hall–Kier alpha value is -2.40. The molecule has 0 saturated heterocycles. The van der Waals surface area contributed by atoms with Gasteiger partial charge in [0, 0.05) is 5.02 Å². The third-order valence-electron chi connectivity index (χ3n) is 3.37. The van der Waals surface area contributed by atoms with Crippen LogP contribution in [0.1, 0.15) is 21.6 Å². The summed E-state index contributed by atoms with van der Waals surface area (Å²) in [7, 11) is 0. The average Bonchev–Trinajstić information content (AvgIpc) is 2.40. The maximum Gasteiger partial charge on any atom is 0.337 e. The molecule has 0 saturated carbocycles. The molecule has 21 heavy (non-hydrogen) atoms. The second kappa shape index (κ2) is 4.56. The van der Waals surface area contributed by atoms with Crippen LogP contribution in [0.3, 0.4) is 0 Å². The molecule has 2 heterocycles. The van der Waals surface area contributed by atoms with Crippen molar-refractivity contribution < 1.29 is 14.3 Å². The van der Waals surface area contributed by atoms with E-state index in [4.69, 9.17) is 21.1 Å². The molecule has 5 nitrogen and oxygen atoms in total. The zero-order chi connectivity index (χ0) is 15.3. The molecule has 0 fully saturated rings. The number of benzene rings is 1. The van der Waals surface area contributed by atoms with Crippen molar-refractivity contribution in [2.24, 2.45) is 0 Å². The van der Waals surface area contributed by atoms with E-state index in [0.717, 1.165) is 5.56 Å². The molecule has 1 aromatic carbocycles. The van der Waals surface area contributed by atoms with Crippen LogP contribution in [0.25, 0.3) is 22.1 Å². The Morgan fingerprint density at radius 1 is 1.24 bits per heavy atom. The number of rotatable bonds is 1. The minimum absolute atomic E-state index is 0.0210.